The minimum atomic E-state index is -0.924. The van der Waals surface area contributed by atoms with Crippen LogP contribution in [0.3, 0.4) is 0 Å². The molecule has 0 saturated heterocycles. The topological polar surface area (TPSA) is 46.5 Å². The molecule has 0 heterocycles. The first kappa shape index (κ1) is 21.3. The highest BCUT2D eigenvalue weighted by atomic mass is 16.5. The van der Waals surface area contributed by atoms with Crippen molar-refractivity contribution in [1.29, 1.82) is 0 Å². The first-order chi connectivity index (χ1) is 12.2. The van der Waals surface area contributed by atoms with Gasteiger partial charge in [-0.3, -0.25) is 0 Å². The average molecular weight is 347 g/mol. The molecule has 25 heavy (non-hydrogen) atoms. The van der Waals surface area contributed by atoms with Gasteiger partial charge in [-0.1, -0.05) is 70.8 Å². The van der Waals surface area contributed by atoms with E-state index >= 15 is 0 Å². The SMILES string of the molecule is CCCCCCCCCCCCc1cc(C=CC(=O)O)ccc1OC. The van der Waals surface area contributed by atoms with Crippen molar-refractivity contribution < 1.29 is 14.6 Å². The molecule has 1 rings (SSSR count). The van der Waals surface area contributed by atoms with Crippen LogP contribution >= 0.6 is 0 Å². The Kier molecular flexibility index (Phi) is 11.5. The second-order valence-corrected chi connectivity index (χ2v) is 6.67. The number of carbonyl (C=O) groups is 1. The van der Waals surface area contributed by atoms with Gasteiger partial charge in [-0.05, 0) is 42.2 Å². The number of benzene rings is 1. The van der Waals surface area contributed by atoms with Crippen molar-refractivity contribution in [1.82, 2.24) is 0 Å². The van der Waals surface area contributed by atoms with Gasteiger partial charge in [-0.15, -0.1) is 0 Å². The molecule has 140 valence electrons. The van der Waals surface area contributed by atoms with E-state index in [2.05, 4.69) is 6.92 Å². The Morgan fingerprint density at radius 3 is 2.16 bits per heavy atom. The highest BCUT2D eigenvalue weighted by molar-refractivity contribution is 5.85. The third kappa shape index (κ3) is 9.96. The van der Waals surface area contributed by atoms with E-state index in [0.717, 1.165) is 29.7 Å². The van der Waals surface area contributed by atoms with Crippen molar-refractivity contribution in [3.63, 3.8) is 0 Å². The Balaban J connectivity index is 2.28. The van der Waals surface area contributed by atoms with Gasteiger partial charge in [-0.25, -0.2) is 4.79 Å². The minimum Gasteiger partial charge on any atom is -0.496 e. The highest BCUT2D eigenvalue weighted by Gasteiger charge is 2.04. The molecule has 0 aliphatic carbocycles. The molecule has 0 amide bonds. The number of unbranched alkanes of at least 4 members (excludes halogenated alkanes) is 9. The summed E-state index contributed by atoms with van der Waals surface area (Å²) in [4.78, 5) is 10.6. The fraction of sp³-hybridized carbons (Fsp3) is 0.591. The van der Waals surface area contributed by atoms with Gasteiger partial charge >= 0.3 is 5.97 Å². The van der Waals surface area contributed by atoms with Gasteiger partial charge in [-0.2, -0.15) is 0 Å². The molecule has 0 bridgehead atoms. The summed E-state index contributed by atoms with van der Waals surface area (Å²) >= 11 is 0. The Bertz CT molecular complexity index is 520. The van der Waals surface area contributed by atoms with Crippen LogP contribution in [0.5, 0.6) is 5.75 Å². The third-order valence-corrected chi connectivity index (χ3v) is 4.52. The second kappa shape index (κ2) is 13.5. The molecule has 1 aromatic carbocycles. The van der Waals surface area contributed by atoms with E-state index in [1.54, 1.807) is 13.2 Å². The van der Waals surface area contributed by atoms with Crippen molar-refractivity contribution in [3.05, 3.63) is 35.4 Å². The van der Waals surface area contributed by atoms with E-state index in [-0.39, 0.29) is 0 Å². The van der Waals surface area contributed by atoms with Crippen molar-refractivity contribution in [2.24, 2.45) is 0 Å². The Morgan fingerprint density at radius 2 is 1.60 bits per heavy atom. The Hall–Kier alpha value is -1.77. The lowest BCUT2D eigenvalue weighted by Crippen LogP contribution is -1.94. The predicted molar refractivity (Wildman–Crippen MR) is 105 cm³/mol. The summed E-state index contributed by atoms with van der Waals surface area (Å²) in [7, 11) is 1.68. The first-order valence-corrected chi connectivity index (χ1v) is 9.75. The lowest BCUT2D eigenvalue weighted by Gasteiger charge is -2.09. The standard InChI is InChI=1S/C22H34O3/c1-3-4-5-6-7-8-9-10-11-12-13-20-18-19(15-17-22(23)24)14-16-21(20)25-2/h14-18H,3-13H2,1-2H3,(H,23,24). The van der Waals surface area contributed by atoms with Crippen LogP contribution in [0.2, 0.25) is 0 Å². The maximum atomic E-state index is 10.6. The number of ether oxygens (including phenoxy) is 1. The molecule has 1 N–H and O–H groups in total. The van der Waals surface area contributed by atoms with Crippen LogP contribution in [0, 0.1) is 0 Å². The van der Waals surface area contributed by atoms with Crippen LogP contribution in [0.4, 0.5) is 0 Å². The number of rotatable bonds is 14. The quantitative estimate of drug-likeness (QED) is 0.319. The molecular formula is C22H34O3. The highest BCUT2D eigenvalue weighted by Crippen LogP contribution is 2.23. The number of hydrogen-bond acceptors (Lipinski definition) is 2. The molecule has 0 aromatic heterocycles. The molecule has 0 atom stereocenters. The maximum Gasteiger partial charge on any atom is 0.328 e. The molecule has 0 fully saturated rings. The van der Waals surface area contributed by atoms with E-state index in [1.807, 2.05) is 18.2 Å². The van der Waals surface area contributed by atoms with Crippen molar-refractivity contribution >= 4 is 12.0 Å². The van der Waals surface area contributed by atoms with Crippen LogP contribution in [-0.2, 0) is 11.2 Å². The number of carboxylic acids is 1. The van der Waals surface area contributed by atoms with Crippen LogP contribution < -0.4 is 4.74 Å². The van der Waals surface area contributed by atoms with Gasteiger partial charge in [0.1, 0.15) is 5.75 Å². The predicted octanol–water partition coefficient (Wildman–Crippen LogP) is 6.26. The lowest BCUT2D eigenvalue weighted by molar-refractivity contribution is -0.131. The zero-order valence-electron chi connectivity index (χ0n) is 15.9. The normalized spacial score (nSPS) is 11.1. The fourth-order valence-electron chi connectivity index (χ4n) is 3.07. The fourth-order valence-corrected chi connectivity index (χ4v) is 3.07. The second-order valence-electron chi connectivity index (χ2n) is 6.67. The van der Waals surface area contributed by atoms with E-state index in [9.17, 15) is 4.79 Å². The Labute approximate surface area is 153 Å². The molecular weight excluding hydrogens is 312 g/mol. The largest absolute Gasteiger partial charge is 0.496 e. The zero-order valence-corrected chi connectivity index (χ0v) is 15.9. The van der Waals surface area contributed by atoms with Gasteiger partial charge in [0.2, 0.25) is 0 Å². The van der Waals surface area contributed by atoms with Gasteiger partial charge in [0, 0.05) is 6.08 Å². The summed E-state index contributed by atoms with van der Waals surface area (Å²) in [5.41, 5.74) is 2.07. The molecule has 0 aliphatic rings. The van der Waals surface area contributed by atoms with Gasteiger partial charge in [0.25, 0.3) is 0 Å². The smallest absolute Gasteiger partial charge is 0.328 e. The number of aliphatic carboxylic acids is 1. The van der Waals surface area contributed by atoms with E-state index in [1.165, 1.54) is 63.9 Å². The van der Waals surface area contributed by atoms with Crippen LogP contribution in [0.1, 0.15) is 82.3 Å². The van der Waals surface area contributed by atoms with Crippen molar-refractivity contribution in [2.45, 2.75) is 77.6 Å². The monoisotopic (exact) mass is 346 g/mol. The molecule has 0 saturated carbocycles. The summed E-state index contributed by atoms with van der Waals surface area (Å²) in [5, 5.41) is 8.74. The summed E-state index contributed by atoms with van der Waals surface area (Å²) in [6.45, 7) is 2.26. The van der Waals surface area contributed by atoms with Crippen LogP contribution in [-0.4, -0.2) is 18.2 Å². The molecule has 0 unspecified atom stereocenters. The summed E-state index contributed by atoms with van der Waals surface area (Å²) in [5.74, 6) is -0.0320. The van der Waals surface area contributed by atoms with Crippen LogP contribution in [0.25, 0.3) is 6.08 Å². The van der Waals surface area contributed by atoms with Crippen molar-refractivity contribution in [3.8, 4) is 5.75 Å². The number of carboxylic acid groups (broad SMARTS) is 1. The number of methoxy groups -OCH3 is 1. The van der Waals surface area contributed by atoms with Gasteiger partial charge in [0.05, 0.1) is 7.11 Å². The molecule has 3 nitrogen and oxygen atoms in total. The van der Waals surface area contributed by atoms with E-state index < -0.39 is 5.97 Å². The number of hydrogen-bond donors (Lipinski definition) is 1. The van der Waals surface area contributed by atoms with Gasteiger partial charge < -0.3 is 9.84 Å². The third-order valence-electron chi connectivity index (χ3n) is 4.52. The Morgan fingerprint density at radius 1 is 1.00 bits per heavy atom. The summed E-state index contributed by atoms with van der Waals surface area (Å²) in [6.07, 6.45) is 17.0. The summed E-state index contributed by atoms with van der Waals surface area (Å²) in [6, 6.07) is 5.85. The lowest BCUT2D eigenvalue weighted by atomic mass is 10.0. The zero-order chi connectivity index (χ0) is 18.3. The van der Waals surface area contributed by atoms with E-state index in [4.69, 9.17) is 9.84 Å². The molecule has 1 aromatic rings. The van der Waals surface area contributed by atoms with E-state index in [0.29, 0.717) is 0 Å². The first-order valence-electron chi connectivity index (χ1n) is 9.75. The van der Waals surface area contributed by atoms with Crippen LogP contribution in [0.15, 0.2) is 24.3 Å². The maximum absolute atomic E-state index is 10.6. The molecule has 0 radical (unpaired) electrons. The number of aryl methyl sites for hydroxylation is 1. The molecule has 0 aliphatic heterocycles. The van der Waals surface area contributed by atoms with Crippen molar-refractivity contribution in [2.75, 3.05) is 7.11 Å². The average Bonchev–Trinajstić information content (AvgIpc) is 2.61. The van der Waals surface area contributed by atoms with Gasteiger partial charge in [0.15, 0.2) is 0 Å². The molecule has 3 heteroatoms. The summed E-state index contributed by atoms with van der Waals surface area (Å²) < 4.78 is 5.43. The molecule has 0 spiro atoms. The minimum absolute atomic E-state index is 0.892.